The zero-order valence-corrected chi connectivity index (χ0v) is 20.8. The lowest BCUT2D eigenvalue weighted by Gasteiger charge is -2.26. The van der Waals surface area contributed by atoms with Crippen LogP contribution in [0.3, 0.4) is 0 Å². The smallest absolute Gasteiger partial charge is 0.406 e. The van der Waals surface area contributed by atoms with E-state index in [0.29, 0.717) is 19.0 Å². The van der Waals surface area contributed by atoms with E-state index in [4.69, 9.17) is 4.99 Å². The summed E-state index contributed by atoms with van der Waals surface area (Å²) in [7, 11) is 0. The Morgan fingerprint density at radius 1 is 1.22 bits per heavy atom. The van der Waals surface area contributed by atoms with Crippen LogP contribution in [0.5, 0.6) is 5.75 Å². The van der Waals surface area contributed by atoms with E-state index in [-0.39, 0.29) is 42.3 Å². The van der Waals surface area contributed by atoms with Gasteiger partial charge in [-0.25, -0.2) is 0 Å². The van der Waals surface area contributed by atoms with Crippen LogP contribution in [0.15, 0.2) is 29.3 Å². The molecule has 0 bridgehead atoms. The van der Waals surface area contributed by atoms with Gasteiger partial charge in [0, 0.05) is 44.7 Å². The minimum atomic E-state index is -4.70. The molecule has 0 aromatic heterocycles. The van der Waals surface area contributed by atoms with Crippen LogP contribution in [0.2, 0.25) is 0 Å². The number of likely N-dealkylation sites (tertiary alicyclic amines) is 2. The minimum absolute atomic E-state index is 0. The summed E-state index contributed by atoms with van der Waals surface area (Å²) in [5, 5.41) is 13.2. The number of guanidine groups is 1. The normalized spacial score (nSPS) is 20.8. The van der Waals surface area contributed by atoms with Crippen LogP contribution < -0.4 is 10.1 Å². The van der Waals surface area contributed by atoms with Crippen LogP contribution in [-0.2, 0) is 6.42 Å². The average molecular weight is 570 g/mol. The highest BCUT2D eigenvalue weighted by atomic mass is 127. The fraction of sp³-hybridized carbons (Fsp3) is 0.682. The van der Waals surface area contributed by atoms with Crippen molar-refractivity contribution in [1.29, 1.82) is 0 Å². The Labute approximate surface area is 205 Å². The lowest BCUT2D eigenvalue weighted by atomic mass is 10.0. The van der Waals surface area contributed by atoms with E-state index in [0.717, 1.165) is 37.6 Å². The molecule has 1 aromatic carbocycles. The molecule has 0 amide bonds. The van der Waals surface area contributed by atoms with Gasteiger partial charge in [0.05, 0.1) is 0 Å². The van der Waals surface area contributed by atoms with E-state index < -0.39 is 6.36 Å². The molecule has 0 aliphatic carbocycles. The highest BCUT2D eigenvalue weighted by Crippen LogP contribution is 2.24. The summed E-state index contributed by atoms with van der Waals surface area (Å²) in [6.07, 6.45) is -0.462. The number of rotatable bonds is 8. The number of hydrogen-bond donors (Lipinski definition) is 2. The van der Waals surface area contributed by atoms with E-state index in [1.165, 1.54) is 38.1 Å². The molecular weight excluding hydrogens is 536 g/mol. The Hall–Kier alpha value is -1.27. The lowest BCUT2D eigenvalue weighted by Crippen LogP contribution is -2.43. The van der Waals surface area contributed by atoms with Gasteiger partial charge in [-0.05, 0) is 63.4 Å². The summed E-state index contributed by atoms with van der Waals surface area (Å²) in [6.45, 7) is 7.53. The van der Waals surface area contributed by atoms with Crippen LogP contribution in [0.25, 0.3) is 0 Å². The SMILES string of the molecule is CCNC(=NCC(CO)Cc1ccc(OC(F)(F)F)cc1)N1CCC(N2CCCC2)C1.I. The zero-order chi connectivity index (χ0) is 22.3. The van der Waals surface area contributed by atoms with Crippen molar-refractivity contribution in [2.45, 2.75) is 45.0 Å². The van der Waals surface area contributed by atoms with Crippen molar-refractivity contribution in [2.75, 3.05) is 45.9 Å². The number of nitrogens with zero attached hydrogens (tertiary/aromatic N) is 3. The lowest BCUT2D eigenvalue weighted by molar-refractivity contribution is -0.274. The molecule has 182 valence electrons. The number of benzene rings is 1. The van der Waals surface area contributed by atoms with Crippen molar-refractivity contribution in [3.05, 3.63) is 29.8 Å². The average Bonchev–Trinajstić information content (AvgIpc) is 3.42. The molecule has 0 saturated carbocycles. The first-order valence-electron chi connectivity index (χ1n) is 11.1. The van der Waals surface area contributed by atoms with E-state index in [1.54, 1.807) is 12.1 Å². The van der Waals surface area contributed by atoms with Crippen molar-refractivity contribution in [3.63, 3.8) is 0 Å². The van der Waals surface area contributed by atoms with Gasteiger partial charge in [0.25, 0.3) is 0 Å². The number of nitrogens with one attached hydrogen (secondary N) is 1. The van der Waals surface area contributed by atoms with Crippen molar-refractivity contribution in [1.82, 2.24) is 15.1 Å². The maximum Gasteiger partial charge on any atom is 0.573 e. The summed E-state index contributed by atoms with van der Waals surface area (Å²) in [4.78, 5) is 9.64. The van der Waals surface area contributed by atoms with E-state index >= 15 is 0 Å². The monoisotopic (exact) mass is 570 g/mol. The van der Waals surface area contributed by atoms with Crippen molar-refractivity contribution < 1.29 is 23.0 Å². The predicted octanol–water partition coefficient (Wildman–Crippen LogP) is 3.49. The van der Waals surface area contributed by atoms with Gasteiger partial charge < -0.3 is 20.1 Å². The van der Waals surface area contributed by atoms with Gasteiger partial charge in [0.1, 0.15) is 5.75 Å². The molecule has 2 fully saturated rings. The maximum absolute atomic E-state index is 12.3. The fourth-order valence-electron chi connectivity index (χ4n) is 4.33. The van der Waals surface area contributed by atoms with Crippen molar-refractivity contribution in [3.8, 4) is 5.75 Å². The summed E-state index contributed by atoms with van der Waals surface area (Å²) in [5.74, 6) is 0.516. The molecule has 2 aliphatic rings. The quantitative estimate of drug-likeness (QED) is 0.285. The molecule has 1 aromatic rings. The van der Waals surface area contributed by atoms with Gasteiger partial charge in [-0.2, -0.15) is 0 Å². The maximum atomic E-state index is 12.3. The van der Waals surface area contributed by atoms with Crippen LogP contribution in [0.1, 0.15) is 31.7 Å². The molecule has 32 heavy (non-hydrogen) atoms. The van der Waals surface area contributed by atoms with Gasteiger partial charge in [-0.1, -0.05) is 12.1 Å². The largest absolute Gasteiger partial charge is 0.573 e. The highest BCUT2D eigenvalue weighted by molar-refractivity contribution is 14.0. The molecule has 2 unspecified atom stereocenters. The number of aliphatic imine (C=N–C) groups is 1. The van der Waals surface area contributed by atoms with Crippen LogP contribution in [0, 0.1) is 5.92 Å². The van der Waals surface area contributed by atoms with Gasteiger partial charge in [-0.3, -0.25) is 9.89 Å². The van der Waals surface area contributed by atoms with E-state index in [2.05, 4.69) is 19.9 Å². The predicted molar refractivity (Wildman–Crippen MR) is 130 cm³/mol. The Morgan fingerprint density at radius 2 is 1.91 bits per heavy atom. The summed E-state index contributed by atoms with van der Waals surface area (Å²) >= 11 is 0. The first-order chi connectivity index (χ1) is 14.9. The number of hydrogen-bond acceptors (Lipinski definition) is 4. The number of aliphatic hydroxyl groups excluding tert-OH is 1. The Bertz CT molecular complexity index is 712. The van der Waals surface area contributed by atoms with Gasteiger partial charge in [0.15, 0.2) is 5.96 Å². The van der Waals surface area contributed by atoms with Crippen LogP contribution in [-0.4, -0.2) is 79.1 Å². The van der Waals surface area contributed by atoms with Gasteiger partial charge >= 0.3 is 6.36 Å². The molecule has 2 heterocycles. The summed E-state index contributed by atoms with van der Waals surface area (Å²) in [5.41, 5.74) is 0.837. The van der Waals surface area contributed by atoms with Crippen molar-refractivity contribution in [2.24, 2.45) is 10.9 Å². The second-order valence-electron chi connectivity index (χ2n) is 8.27. The third kappa shape index (κ3) is 8.26. The van der Waals surface area contributed by atoms with Crippen LogP contribution in [0.4, 0.5) is 13.2 Å². The third-order valence-corrected chi connectivity index (χ3v) is 5.89. The summed E-state index contributed by atoms with van der Waals surface area (Å²) < 4.78 is 40.8. The Morgan fingerprint density at radius 3 is 2.50 bits per heavy atom. The minimum Gasteiger partial charge on any atom is -0.406 e. The molecular formula is C22H34F3IN4O2. The Kier molecular flexibility index (Phi) is 10.8. The number of alkyl halides is 3. The first-order valence-corrected chi connectivity index (χ1v) is 11.1. The molecule has 6 nitrogen and oxygen atoms in total. The first kappa shape index (κ1) is 27.0. The summed E-state index contributed by atoms with van der Waals surface area (Å²) in [6, 6.07) is 6.37. The third-order valence-electron chi connectivity index (χ3n) is 5.89. The molecule has 2 N–H and O–H groups in total. The highest BCUT2D eigenvalue weighted by Gasteiger charge is 2.31. The second-order valence-corrected chi connectivity index (χ2v) is 8.27. The molecule has 2 atom stereocenters. The van der Waals surface area contributed by atoms with Gasteiger partial charge in [0.2, 0.25) is 0 Å². The van der Waals surface area contributed by atoms with Crippen molar-refractivity contribution >= 4 is 29.9 Å². The number of ether oxygens (including phenoxy) is 1. The molecule has 0 radical (unpaired) electrons. The molecule has 10 heteroatoms. The standard InChI is InChI=1S/C22H33F3N4O2.HI/c1-2-26-21(29-12-9-19(15-29)28-10-3-4-11-28)27-14-18(16-30)13-17-5-7-20(8-6-17)31-22(23,24)25;/h5-8,18-19,30H,2-4,9-16H2,1H3,(H,26,27);1H. The van der Waals surface area contributed by atoms with Gasteiger partial charge in [-0.15, -0.1) is 37.1 Å². The molecule has 2 aliphatic heterocycles. The topological polar surface area (TPSA) is 60.3 Å². The van der Waals surface area contributed by atoms with E-state index in [1.807, 2.05) is 6.92 Å². The number of halogens is 4. The molecule has 3 rings (SSSR count). The Balaban J connectivity index is 0.00000363. The number of aliphatic hydroxyl groups is 1. The molecule has 2 saturated heterocycles. The zero-order valence-electron chi connectivity index (χ0n) is 18.5. The van der Waals surface area contributed by atoms with Crippen LogP contribution >= 0.6 is 24.0 Å². The fourth-order valence-corrected chi connectivity index (χ4v) is 4.33. The second kappa shape index (κ2) is 12.8. The molecule has 0 spiro atoms. The van der Waals surface area contributed by atoms with E-state index in [9.17, 15) is 18.3 Å².